The lowest BCUT2D eigenvalue weighted by Crippen LogP contribution is -2.48. The molecule has 0 radical (unpaired) electrons. The molecule has 1 aliphatic heterocycles. The van der Waals surface area contributed by atoms with Crippen LogP contribution in [0.15, 0.2) is 48.8 Å². The molecule has 1 saturated carbocycles. The maximum atomic E-state index is 12.8. The van der Waals surface area contributed by atoms with E-state index >= 15 is 0 Å². The molecule has 0 N–H and O–H groups in total. The molecule has 2 aromatic rings. The number of hydrogen-bond donors (Lipinski definition) is 0. The van der Waals surface area contributed by atoms with Gasteiger partial charge in [-0.3, -0.25) is 14.7 Å². The summed E-state index contributed by atoms with van der Waals surface area (Å²) in [6.07, 6.45) is 0.00604. The zero-order valence-electron chi connectivity index (χ0n) is 15.4. The molecule has 2 fully saturated rings. The third kappa shape index (κ3) is 4.19. The Morgan fingerprint density at radius 1 is 1.07 bits per heavy atom. The number of piperazine rings is 1. The quantitative estimate of drug-likeness (QED) is 0.803. The predicted molar refractivity (Wildman–Crippen MR) is 98.4 cm³/mol. The number of aromatic nitrogens is 1. The highest BCUT2D eigenvalue weighted by Crippen LogP contribution is 2.49. The molecular weight excluding hydrogens is 367 g/mol. The average molecular weight is 389 g/mol. The summed E-state index contributed by atoms with van der Waals surface area (Å²) in [6.45, 7) is 3.84. The zero-order chi connectivity index (χ0) is 19.7. The van der Waals surface area contributed by atoms with Crippen LogP contribution in [0.5, 0.6) is 0 Å². The second kappa shape index (κ2) is 7.54. The Labute approximate surface area is 162 Å². The fourth-order valence-electron chi connectivity index (χ4n) is 3.87. The van der Waals surface area contributed by atoms with E-state index in [4.69, 9.17) is 0 Å². The summed E-state index contributed by atoms with van der Waals surface area (Å²) in [5.41, 5.74) is 1.33. The van der Waals surface area contributed by atoms with Crippen molar-refractivity contribution in [3.05, 3.63) is 65.5 Å². The zero-order valence-corrected chi connectivity index (χ0v) is 15.4. The Morgan fingerprint density at radius 2 is 1.79 bits per heavy atom. The minimum Gasteiger partial charge on any atom is -0.340 e. The molecule has 1 aliphatic carbocycles. The minimum absolute atomic E-state index is 0.0446. The van der Waals surface area contributed by atoms with Crippen molar-refractivity contribution in [2.75, 3.05) is 26.2 Å². The van der Waals surface area contributed by atoms with Crippen molar-refractivity contribution in [1.82, 2.24) is 14.8 Å². The van der Waals surface area contributed by atoms with Crippen LogP contribution in [0.4, 0.5) is 13.2 Å². The molecule has 1 saturated heterocycles. The Bertz CT molecular complexity index is 815. The number of hydrogen-bond acceptors (Lipinski definition) is 3. The van der Waals surface area contributed by atoms with Crippen molar-refractivity contribution < 1.29 is 18.0 Å². The van der Waals surface area contributed by atoms with Crippen LogP contribution in [0.25, 0.3) is 0 Å². The van der Waals surface area contributed by atoms with Gasteiger partial charge in [-0.2, -0.15) is 13.2 Å². The molecule has 7 heteroatoms. The van der Waals surface area contributed by atoms with Crippen molar-refractivity contribution in [3.8, 4) is 0 Å². The van der Waals surface area contributed by atoms with E-state index in [2.05, 4.69) is 9.88 Å². The summed E-state index contributed by atoms with van der Waals surface area (Å²) in [7, 11) is 0. The lowest BCUT2D eigenvalue weighted by atomic mass is 10.1. The molecule has 4 rings (SSSR count). The van der Waals surface area contributed by atoms with Gasteiger partial charge in [-0.25, -0.2) is 0 Å². The second-order valence-corrected chi connectivity index (χ2v) is 7.53. The predicted octanol–water partition coefficient (Wildman–Crippen LogP) is 3.55. The summed E-state index contributed by atoms with van der Waals surface area (Å²) in [5, 5.41) is 0. The van der Waals surface area contributed by atoms with E-state index in [1.54, 1.807) is 6.20 Å². The van der Waals surface area contributed by atoms with Gasteiger partial charge in [0, 0.05) is 51.0 Å². The van der Waals surface area contributed by atoms with Crippen molar-refractivity contribution in [2.45, 2.75) is 25.1 Å². The van der Waals surface area contributed by atoms with E-state index in [1.165, 1.54) is 12.1 Å². The Hall–Kier alpha value is -2.41. The van der Waals surface area contributed by atoms with Gasteiger partial charge in [-0.1, -0.05) is 18.2 Å². The standard InChI is InChI=1S/C21H22F3N3O/c22-21(23,24)17-5-3-16(4-6-17)18-12-19(18)20(28)27-10-8-26(9-11-27)14-15-2-1-7-25-13-15/h1-7,13,18-19H,8-12,14H2. The first kappa shape index (κ1) is 18.9. The van der Waals surface area contributed by atoms with Crippen molar-refractivity contribution >= 4 is 5.91 Å². The van der Waals surface area contributed by atoms with Gasteiger partial charge in [0.25, 0.3) is 0 Å². The number of rotatable bonds is 4. The third-order valence-electron chi connectivity index (χ3n) is 5.59. The third-order valence-corrected chi connectivity index (χ3v) is 5.59. The smallest absolute Gasteiger partial charge is 0.340 e. The number of alkyl halides is 3. The fourth-order valence-corrected chi connectivity index (χ4v) is 3.87. The molecule has 2 heterocycles. The van der Waals surface area contributed by atoms with Gasteiger partial charge in [0.1, 0.15) is 0 Å². The van der Waals surface area contributed by atoms with E-state index in [1.807, 2.05) is 23.2 Å². The normalized spacial score (nSPS) is 22.9. The van der Waals surface area contributed by atoms with E-state index in [9.17, 15) is 18.0 Å². The number of carbonyl (C=O) groups is 1. The SMILES string of the molecule is O=C(C1CC1c1ccc(C(F)(F)F)cc1)N1CCN(Cc2cccnc2)CC1. The Morgan fingerprint density at radius 3 is 2.39 bits per heavy atom. The van der Waals surface area contributed by atoms with Gasteiger partial charge in [0.2, 0.25) is 5.91 Å². The highest BCUT2D eigenvalue weighted by molar-refractivity contribution is 5.83. The number of benzene rings is 1. The molecule has 1 amide bonds. The first-order valence-corrected chi connectivity index (χ1v) is 9.49. The molecule has 28 heavy (non-hydrogen) atoms. The van der Waals surface area contributed by atoms with Crippen LogP contribution in [-0.2, 0) is 17.5 Å². The fraction of sp³-hybridized carbons (Fsp3) is 0.429. The number of halogens is 3. The average Bonchev–Trinajstić information content (AvgIpc) is 3.49. The first-order valence-electron chi connectivity index (χ1n) is 9.49. The van der Waals surface area contributed by atoms with Crippen LogP contribution >= 0.6 is 0 Å². The van der Waals surface area contributed by atoms with E-state index in [0.29, 0.717) is 13.1 Å². The lowest BCUT2D eigenvalue weighted by molar-refractivity contribution is -0.137. The highest BCUT2D eigenvalue weighted by Gasteiger charge is 2.46. The maximum absolute atomic E-state index is 12.8. The first-order chi connectivity index (χ1) is 13.4. The largest absolute Gasteiger partial charge is 0.416 e. The summed E-state index contributed by atoms with van der Waals surface area (Å²) in [6, 6.07) is 9.19. The van der Waals surface area contributed by atoms with Gasteiger partial charge in [-0.15, -0.1) is 0 Å². The second-order valence-electron chi connectivity index (χ2n) is 7.53. The summed E-state index contributed by atoms with van der Waals surface area (Å²) >= 11 is 0. The molecular formula is C21H22F3N3O. The summed E-state index contributed by atoms with van der Waals surface area (Å²) < 4.78 is 38.1. The minimum atomic E-state index is -4.33. The van der Waals surface area contributed by atoms with Gasteiger partial charge in [-0.05, 0) is 41.7 Å². The van der Waals surface area contributed by atoms with Gasteiger partial charge < -0.3 is 4.90 Å². The molecule has 2 atom stereocenters. The Kier molecular flexibility index (Phi) is 5.10. The molecule has 148 valence electrons. The summed E-state index contributed by atoms with van der Waals surface area (Å²) in [5.74, 6) is 0.0794. The maximum Gasteiger partial charge on any atom is 0.416 e. The molecule has 0 bridgehead atoms. The number of carbonyl (C=O) groups excluding carboxylic acids is 1. The Balaban J connectivity index is 1.28. The van der Waals surface area contributed by atoms with Crippen LogP contribution in [-0.4, -0.2) is 46.9 Å². The highest BCUT2D eigenvalue weighted by atomic mass is 19.4. The van der Waals surface area contributed by atoms with Crippen LogP contribution in [0.2, 0.25) is 0 Å². The topological polar surface area (TPSA) is 36.4 Å². The molecule has 1 aromatic heterocycles. The number of amides is 1. The molecule has 2 unspecified atom stereocenters. The van der Waals surface area contributed by atoms with Crippen molar-refractivity contribution in [3.63, 3.8) is 0 Å². The van der Waals surface area contributed by atoms with Crippen LogP contribution in [0.3, 0.4) is 0 Å². The van der Waals surface area contributed by atoms with Crippen LogP contribution < -0.4 is 0 Å². The van der Waals surface area contributed by atoms with Gasteiger partial charge in [0.05, 0.1) is 5.56 Å². The van der Waals surface area contributed by atoms with Crippen molar-refractivity contribution in [1.29, 1.82) is 0 Å². The van der Waals surface area contributed by atoms with E-state index in [0.717, 1.165) is 49.3 Å². The molecule has 4 nitrogen and oxygen atoms in total. The number of pyridine rings is 1. The lowest BCUT2D eigenvalue weighted by Gasteiger charge is -2.35. The molecule has 2 aliphatic rings. The molecule has 0 spiro atoms. The monoisotopic (exact) mass is 389 g/mol. The van der Waals surface area contributed by atoms with Gasteiger partial charge >= 0.3 is 6.18 Å². The van der Waals surface area contributed by atoms with Crippen molar-refractivity contribution in [2.24, 2.45) is 5.92 Å². The molecule has 1 aromatic carbocycles. The van der Waals surface area contributed by atoms with E-state index < -0.39 is 11.7 Å². The number of nitrogens with zero attached hydrogens (tertiary/aromatic N) is 3. The van der Waals surface area contributed by atoms with Gasteiger partial charge in [0.15, 0.2) is 0 Å². The van der Waals surface area contributed by atoms with Crippen LogP contribution in [0.1, 0.15) is 29.0 Å². The van der Waals surface area contributed by atoms with E-state index in [-0.39, 0.29) is 17.7 Å². The van der Waals surface area contributed by atoms with Crippen LogP contribution in [0, 0.1) is 5.92 Å². The summed E-state index contributed by atoms with van der Waals surface area (Å²) in [4.78, 5) is 21.1.